The Hall–Kier alpha value is -1.43. The number of carbonyl (C=O) groups is 2. The Morgan fingerprint density at radius 3 is 2.41 bits per heavy atom. The molecular weight excluding hydrogens is 240 g/mol. The van der Waals surface area contributed by atoms with E-state index in [1.807, 2.05) is 0 Å². The largest absolute Gasteiger partial charge is 0.480 e. The summed E-state index contributed by atoms with van der Waals surface area (Å²) in [6.45, 7) is 7.10. The fourth-order valence-corrected chi connectivity index (χ4v) is 2.00. The zero-order valence-electron chi connectivity index (χ0n) is 10.3. The molecule has 0 aliphatic heterocycles. The van der Waals surface area contributed by atoms with Crippen LogP contribution in [0, 0.1) is 12.3 Å². The van der Waals surface area contributed by atoms with Crippen LogP contribution in [0.25, 0.3) is 0 Å². The summed E-state index contributed by atoms with van der Waals surface area (Å²) in [6.07, 6.45) is 1.46. The van der Waals surface area contributed by atoms with E-state index in [2.05, 4.69) is 10.3 Å². The third-order valence-electron chi connectivity index (χ3n) is 2.23. The van der Waals surface area contributed by atoms with Crippen LogP contribution in [0.3, 0.4) is 0 Å². The maximum atomic E-state index is 11.8. The molecule has 17 heavy (non-hydrogen) atoms. The predicted molar refractivity (Wildman–Crippen MR) is 65.2 cm³/mol. The van der Waals surface area contributed by atoms with E-state index in [1.165, 1.54) is 17.5 Å². The van der Waals surface area contributed by atoms with Crippen LogP contribution in [0.2, 0.25) is 0 Å². The number of aliphatic carboxylic acids is 1. The van der Waals surface area contributed by atoms with Crippen molar-refractivity contribution in [1.82, 2.24) is 10.3 Å². The maximum Gasteiger partial charge on any atom is 0.326 e. The van der Waals surface area contributed by atoms with Gasteiger partial charge in [-0.2, -0.15) is 0 Å². The van der Waals surface area contributed by atoms with Crippen LogP contribution in [-0.2, 0) is 4.79 Å². The van der Waals surface area contributed by atoms with E-state index >= 15 is 0 Å². The smallest absolute Gasteiger partial charge is 0.326 e. The predicted octanol–water partition coefficient (Wildman–Crippen LogP) is 1.68. The third kappa shape index (κ3) is 3.52. The van der Waals surface area contributed by atoms with Crippen molar-refractivity contribution in [2.24, 2.45) is 5.41 Å². The molecule has 1 rings (SSSR count). The second-order valence-corrected chi connectivity index (χ2v) is 6.09. The third-order valence-corrected chi connectivity index (χ3v) is 3.15. The molecule has 1 amide bonds. The monoisotopic (exact) mass is 256 g/mol. The number of carboxylic acids is 1. The van der Waals surface area contributed by atoms with Gasteiger partial charge in [-0.25, -0.2) is 9.78 Å². The molecule has 1 unspecified atom stereocenters. The number of rotatable bonds is 3. The SMILES string of the molecule is Cc1ncc(C(=O)NC(C(=O)O)C(C)(C)C)s1. The van der Waals surface area contributed by atoms with Crippen molar-refractivity contribution >= 4 is 23.2 Å². The van der Waals surface area contributed by atoms with E-state index in [0.29, 0.717) is 4.88 Å². The molecule has 2 N–H and O–H groups in total. The minimum absolute atomic E-state index is 0.391. The van der Waals surface area contributed by atoms with Crippen LogP contribution < -0.4 is 5.32 Å². The van der Waals surface area contributed by atoms with E-state index in [-0.39, 0.29) is 0 Å². The molecule has 0 fully saturated rings. The fourth-order valence-electron chi connectivity index (χ4n) is 1.32. The van der Waals surface area contributed by atoms with Crippen molar-refractivity contribution in [2.45, 2.75) is 33.7 Å². The normalized spacial score (nSPS) is 13.2. The zero-order valence-corrected chi connectivity index (χ0v) is 11.1. The number of aryl methyl sites for hydroxylation is 1. The second-order valence-electron chi connectivity index (χ2n) is 4.85. The molecule has 0 aliphatic rings. The lowest BCUT2D eigenvalue weighted by Crippen LogP contribution is -2.48. The first-order valence-electron chi connectivity index (χ1n) is 5.18. The van der Waals surface area contributed by atoms with Gasteiger partial charge in [0, 0.05) is 0 Å². The fraction of sp³-hybridized carbons (Fsp3) is 0.545. The zero-order chi connectivity index (χ0) is 13.2. The van der Waals surface area contributed by atoms with Crippen LogP contribution in [0.1, 0.15) is 35.5 Å². The molecule has 5 nitrogen and oxygen atoms in total. The summed E-state index contributed by atoms with van der Waals surface area (Å²) in [7, 11) is 0. The Bertz CT molecular complexity index is 434. The van der Waals surface area contributed by atoms with Crippen molar-refractivity contribution in [2.75, 3.05) is 0 Å². The summed E-state index contributed by atoms with van der Waals surface area (Å²) in [4.78, 5) is 27.3. The van der Waals surface area contributed by atoms with E-state index in [9.17, 15) is 9.59 Å². The first kappa shape index (κ1) is 13.6. The summed E-state index contributed by atoms with van der Waals surface area (Å²) >= 11 is 1.24. The molecule has 1 aromatic rings. The lowest BCUT2D eigenvalue weighted by Gasteiger charge is -2.27. The van der Waals surface area contributed by atoms with Crippen LogP contribution in [-0.4, -0.2) is 28.0 Å². The summed E-state index contributed by atoms with van der Waals surface area (Å²) < 4.78 is 0. The first-order chi connectivity index (χ1) is 7.71. The summed E-state index contributed by atoms with van der Waals surface area (Å²) in [5.74, 6) is -1.43. The van der Waals surface area contributed by atoms with Crippen molar-refractivity contribution in [3.05, 3.63) is 16.1 Å². The highest BCUT2D eigenvalue weighted by molar-refractivity contribution is 7.13. The number of thiazole rings is 1. The Balaban J connectivity index is 2.82. The molecule has 0 saturated heterocycles. The van der Waals surface area contributed by atoms with Gasteiger partial charge in [-0.1, -0.05) is 20.8 Å². The van der Waals surface area contributed by atoms with Crippen molar-refractivity contribution < 1.29 is 14.7 Å². The van der Waals surface area contributed by atoms with Crippen LogP contribution in [0.4, 0.5) is 0 Å². The number of amides is 1. The number of carbonyl (C=O) groups excluding carboxylic acids is 1. The average Bonchev–Trinajstić information content (AvgIpc) is 2.58. The topological polar surface area (TPSA) is 79.3 Å². The summed E-state index contributed by atoms with van der Waals surface area (Å²) in [5, 5.41) is 12.4. The maximum absolute atomic E-state index is 11.8. The molecule has 94 valence electrons. The van der Waals surface area contributed by atoms with Crippen molar-refractivity contribution in [3.8, 4) is 0 Å². The highest BCUT2D eigenvalue weighted by atomic mass is 32.1. The van der Waals surface area contributed by atoms with Crippen molar-refractivity contribution in [1.29, 1.82) is 0 Å². The number of nitrogens with zero attached hydrogens (tertiary/aromatic N) is 1. The average molecular weight is 256 g/mol. The highest BCUT2D eigenvalue weighted by Gasteiger charge is 2.33. The molecule has 1 heterocycles. The Labute approximate surface area is 104 Å². The minimum Gasteiger partial charge on any atom is -0.480 e. The molecule has 0 radical (unpaired) electrons. The molecule has 0 aromatic carbocycles. The van der Waals surface area contributed by atoms with Gasteiger partial charge < -0.3 is 10.4 Å². The molecule has 1 aromatic heterocycles. The van der Waals surface area contributed by atoms with E-state index in [4.69, 9.17) is 5.11 Å². The molecule has 0 spiro atoms. The molecule has 0 aliphatic carbocycles. The van der Waals surface area contributed by atoms with Crippen LogP contribution in [0.15, 0.2) is 6.20 Å². The van der Waals surface area contributed by atoms with Gasteiger partial charge in [0.1, 0.15) is 10.9 Å². The van der Waals surface area contributed by atoms with Gasteiger partial charge in [-0.05, 0) is 12.3 Å². The van der Waals surface area contributed by atoms with Gasteiger partial charge in [0.15, 0.2) is 0 Å². The Morgan fingerprint density at radius 2 is 2.06 bits per heavy atom. The number of hydrogen-bond acceptors (Lipinski definition) is 4. The lowest BCUT2D eigenvalue weighted by atomic mass is 9.87. The van der Waals surface area contributed by atoms with E-state index in [0.717, 1.165) is 5.01 Å². The Morgan fingerprint density at radius 1 is 1.47 bits per heavy atom. The van der Waals surface area contributed by atoms with Gasteiger partial charge in [-0.15, -0.1) is 11.3 Å². The van der Waals surface area contributed by atoms with Gasteiger partial charge in [0.25, 0.3) is 5.91 Å². The van der Waals surface area contributed by atoms with Crippen molar-refractivity contribution in [3.63, 3.8) is 0 Å². The van der Waals surface area contributed by atoms with Gasteiger partial charge in [0.2, 0.25) is 0 Å². The number of nitrogens with one attached hydrogen (secondary N) is 1. The molecule has 0 saturated carbocycles. The van der Waals surface area contributed by atoms with E-state index < -0.39 is 23.3 Å². The summed E-state index contributed by atoms with van der Waals surface area (Å²) in [5.41, 5.74) is -0.540. The number of carboxylic acid groups (broad SMARTS) is 1. The van der Waals surface area contributed by atoms with Crippen LogP contribution in [0.5, 0.6) is 0 Å². The minimum atomic E-state index is -1.04. The molecule has 6 heteroatoms. The molecule has 1 atom stereocenters. The standard InChI is InChI=1S/C11H16N2O3S/c1-6-12-5-7(17-6)9(14)13-8(10(15)16)11(2,3)4/h5,8H,1-4H3,(H,13,14)(H,15,16). The summed E-state index contributed by atoms with van der Waals surface area (Å²) in [6, 6.07) is -0.919. The lowest BCUT2D eigenvalue weighted by molar-refractivity contribution is -0.142. The second kappa shape index (κ2) is 4.83. The molecule has 0 bridgehead atoms. The quantitative estimate of drug-likeness (QED) is 0.862. The van der Waals surface area contributed by atoms with E-state index in [1.54, 1.807) is 27.7 Å². The number of aromatic nitrogens is 1. The number of hydrogen-bond donors (Lipinski definition) is 2. The van der Waals surface area contributed by atoms with Gasteiger partial charge >= 0.3 is 5.97 Å². The molecular formula is C11H16N2O3S. The highest BCUT2D eigenvalue weighted by Crippen LogP contribution is 2.20. The first-order valence-corrected chi connectivity index (χ1v) is 5.99. The van der Waals surface area contributed by atoms with Crippen LogP contribution >= 0.6 is 11.3 Å². The van der Waals surface area contributed by atoms with Gasteiger partial charge in [-0.3, -0.25) is 4.79 Å². The Kier molecular flexibility index (Phi) is 3.87. The van der Waals surface area contributed by atoms with Gasteiger partial charge in [0.05, 0.1) is 11.2 Å².